The van der Waals surface area contributed by atoms with Crippen molar-refractivity contribution in [3.8, 4) is 23.0 Å². The van der Waals surface area contributed by atoms with Gasteiger partial charge in [0.15, 0.2) is 11.6 Å². The van der Waals surface area contributed by atoms with Crippen molar-refractivity contribution in [3.05, 3.63) is 117 Å². The van der Waals surface area contributed by atoms with Crippen molar-refractivity contribution in [1.29, 1.82) is 0 Å². The van der Waals surface area contributed by atoms with Gasteiger partial charge in [0.1, 0.15) is 23.0 Å². The molecule has 0 unspecified atom stereocenters. The minimum absolute atomic E-state index is 0. The summed E-state index contributed by atoms with van der Waals surface area (Å²) >= 11 is 11.9. The van der Waals surface area contributed by atoms with E-state index in [2.05, 4.69) is 0 Å². The zero-order valence-electron chi connectivity index (χ0n) is 27.6. The first kappa shape index (κ1) is 41.0. The molecule has 0 spiro atoms. The van der Waals surface area contributed by atoms with Crippen molar-refractivity contribution in [2.45, 2.75) is 52.4 Å². The Morgan fingerprint density at radius 3 is 1.32 bits per heavy atom. The molecule has 14 heteroatoms. The fraction of sp³-hybridized carbons (Fsp3) is 0.222. The van der Waals surface area contributed by atoms with E-state index in [9.17, 15) is 28.6 Å². The quantitative estimate of drug-likeness (QED) is 0.0494. The Kier molecular flexibility index (Phi) is 15.7. The molecular weight excluding hydrogens is 717 g/mol. The molecule has 4 rings (SSSR count). The first-order valence-corrected chi connectivity index (χ1v) is 17.5. The van der Waals surface area contributed by atoms with E-state index >= 15 is 0 Å². The SMILES string of the molecule is CCC(=O)Oc1cc(OP(=O)([O-])Oc2ccc(C(=O)CCc3ccc(Cl)cc3)c(OC(=O)CC)c2)ccc1C(=O)CCc1ccc(Cl)cc1.[Na+]. The molecular formula is C36H32Cl2NaO10P. The number of benzene rings is 4. The minimum atomic E-state index is -5.17. The van der Waals surface area contributed by atoms with E-state index in [-0.39, 0.29) is 101 Å². The monoisotopic (exact) mass is 748 g/mol. The number of halogens is 2. The van der Waals surface area contributed by atoms with E-state index < -0.39 is 19.8 Å². The number of hydrogen-bond acceptors (Lipinski definition) is 10. The maximum atomic E-state index is 13.1. The van der Waals surface area contributed by atoms with E-state index in [1.165, 1.54) is 24.3 Å². The average Bonchev–Trinajstić information content (AvgIpc) is 3.07. The first-order chi connectivity index (χ1) is 23.3. The fourth-order valence-corrected chi connectivity index (χ4v) is 5.53. The van der Waals surface area contributed by atoms with Gasteiger partial charge in [0.05, 0.1) is 11.1 Å². The molecule has 4 aromatic rings. The van der Waals surface area contributed by atoms with Crippen molar-refractivity contribution >= 4 is 54.5 Å². The number of ether oxygens (including phenoxy) is 2. The Balaban J connectivity index is 0.00000676. The van der Waals surface area contributed by atoms with E-state index in [0.29, 0.717) is 22.9 Å². The summed E-state index contributed by atoms with van der Waals surface area (Å²) in [6.45, 7) is 3.13. The number of ketones is 2. The number of carbonyl (C=O) groups is 4. The second-order valence-corrected chi connectivity index (χ2v) is 12.8. The summed E-state index contributed by atoms with van der Waals surface area (Å²) in [5.74, 6) is -2.94. The van der Waals surface area contributed by atoms with Crippen LogP contribution in [0.5, 0.6) is 23.0 Å². The predicted octanol–water partition coefficient (Wildman–Crippen LogP) is 5.19. The molecule has 0 heterocycles. The topological polar surface area (TPSA) is 145 Å². The molecule has 10 nitrogen and oxygen atoms in total. The summed E-state index contributed by atoms with van der Waals surface area (Å²) in [6.07, 6.45) is 0.926. The third-order valence-corrected chi connectivity index (χ3v) is 8.45. The molecule has 0 aromatic heterocycles. The van der Waals surface area contributed by atoms with Gasteiger partial charge in [0, 0.05) is 47.9 Å². The van der Waals surface area contributed by atoms with Crippen molar-refractivity contribution in [3.63, 3.8) is 0 Å². The summed E-state index contributed by atoms with van der Waals surface area (Å²) in [7, 11) is -5.17. The van der Waals surface area contributed by atoms with E-state index in [1.54, 1.807) is 62.4 Å². The van der Waals surface area contributed by atoms with Gasteiger partial charge in [-0.15, -0.1) is 0 Å². The number of phosphoric ester groups is 1. The van der Waals surface area contributed by atoms with E-state index in [1.807, 2.05) is 0 Å². The van der Waals surface area contributed by atoms with Gasteiger partial charge in [0.2, 0.25) is 0 Å². The van der Waals surface area contributed by atoms with Crippen LogP contribution >= 0.6 is 31.0 Å². The molecule has 0 atom stereocenters. The fourth-order valence-electron chi connectivity index (χ4n) is 4.50. The number of phosphoric acid groups is 1. The molecule has 0 amide bonds. The summed E-state index contributed by atoms with van der Waals surface area (Å²) in [4.78, 5) is 63.4. The van der Waals surface area contributed by atoms with Crippen LogP contribution in [-0.2, 0) is 27.0 Å². The molecule has 0 aliphatic rings. The van der Waals surface area contributed by atoms with Gasteiger partial charge in [-0.25, -0.2) is 4.57 Å². The molecule has 50 heavy (non-hydrogen) atoms. The van der Waals surface area contributed by atoms with Crippen LogP contribution in [0.3, 0.4) is 0 Å². The zero-order chi connectivity index (χ0) is 35.6. The Morgan fingerprint density at radius 2 is 0.980 bits per heavy atom. The van der Waals surface area contributed by atoms with E-state index in [4.69, 9.17) is 41.7 Å². The van der Waals surface area contributed by atoms with Gasteiger partial charge in [-0.1, -0.05) is 61.3 Å². The second-order valence-electron chi connectivity index (χ2n) is 10.7. The smallest absolute Gasteiger partial charge is 0.736 e. The number of hydrogen-bond donors (Lipinski definition) is 0. The van der Waals surface area contributed by atoms with Crippen LogP contribution in [0.15, 0.2) is 84.9 Å². The number of Topliss-reactive ketones (excluding diaryl/α,β-unsaturated/α-hetero) is 2. The number of rotatable bonds is 16. The summed E-state index contributed by atoms with van der Waals surface area (Å²) in [5.41, 5.74) is 1.86. The Morgan fingerprint density at radius 1 is 0.620 bits per heavy atom. The maximum absolute atomic E-state index is 13.1. The standard InChI is InChI=1S/C36H33Cl2O10P.Na/c1-3-35(41)45-33-21-27(15-17-29(33)31(39)19-9-23-5-11-25(37)12-6-23)47-49(43,44)48-28-16-18-30(34(22-28)46-36(42)4-2)32(40)20-10-24-7-13-26(38)14-8-24;/h5-8,11-18,21-22H,3-4,9-10,19-20H2,1-2H3,(H,43,44);/q;+1/p-1. The van der Waals surface area contributed by atoms with Crippen molar-refractivity contribution in [2.24, 2.45) is 0 Å². The van der Waals surface area contributed by atoms with Gasteiger partial charge in [-0.05, 0) is 72.5 Å². The molecule has 0 radical (unpaired) electrons. The molecule has 0 N–H and O–H groups in total. The summed E-state index contributed by atoms with van der Waals surface area (Å²) in [5, 5.41) is 1.13. The Hall–Kier alpha value is -3.47. The largest absolute Gasteiger partial charge is 1.00 e. The van der Waals surface area contributed by atoms with Gasteiger partial charge < -0.3 is 23.4 Å². The summed E-state index contributed by atoms with van der Waals surface area (Å²) < 4.78 is 33.9. The van der Waals surface area contributed by atoms with Crippen LogP contribution < -0.4 is 53.0 Å². The predicted molar refractivity (Wildman–Crippen MR) is 182 cm³/mol. The van der Waals surface area contributed by atoms with Crippen molar-refractivity contribution in [1.82, 2.24) is 0 Å². The number of esters is 2. The van der Waals surface area contributed by atoms with Gasteiger partial charge in [0.25, 0.3) is 0 Å². The average molecular weight is 750 g/mol. The van der Waals surface area contributed by atoms with Crippen LogP contribution in [0.25, 0.3) is 0 Å². The second kappa shape index (κ2) is 19.2. The molecule has 0 bridgehead atoms. The van der Waals surface area contributed by atoms with Gasteiger partial charge >= 0.3 is 49.3 Å². The Labute approximate surface area is 321 Å². The van der Waals surface area contributed by atoms with Crippen LogP contribution in [0.2, 0.25) is 10.0 Å². The molecule has 0 saturated heterocycles. The minimum Gasteiger partial charge on any atom is -0.736 e. The molecule has 0 saturated carbocycles. The van der Waals surface area contributed by atoms with E-state index in [0.717, 1.165) is 23.3 Å². The van der Waals surface area contributed by atoms with Crippen LogP contribution in [0.1, 0.15) is 71.4 Å². The third kappa shape index (κ3) is 12.4. The zero-order valence-corrected chi connectivity index (χ0v) is 32.0. The molecule has 256 valence electrons. The van der Waals surface area contributed by atoms with Crippen LogP contribution in [-0.4, -0.2) is 23.5 Å². The summed E-state index contributed by atoms with van der Waals surface area (Å²) in [6, 6.07) is 21.3. The molecule has 0 aliphatic heterocycles. The van der Waals surface area contributed by atoms with Crippen LogP contribution in [0.4, 0.5) is 0 Å². The maximum Gasteiger partial charge on any atom is 1.00 e. The number of aryl methyl sites for hydroxylation is 2. The molecule has 0 aliphatic carbocycles. The third-order valence-electron chi connectivity index (χ3n) is 7.07. The van der Waals surface area contributed by atoms with Gasteiger partial charge in [-0.2, -0.15) is 0 Å². The number of carbonyl (C=O) groups excluding carboxylic acids is 4. The van der Waals surface area contributed by atoms with Crippen molar-refractivity contribution < 1.29 is 76.7 Å². The normalized spacial score (nSPS) is 10.8. The first-order valence-electron chi connectivity index (χ1n) is 15.3. The molecule has 0 fully saturated rings. The van der Waals surface area contributed by atoms with Crippen LogP contribution in [0, 0.1) is 0 Å². The van der Waals surface area contributed by atoms with Crippen molar-refractivity contribution in [2.75, 3.05) is 0 Å². The van der Waals surface area contributed by atoms with Gasteiger partial charge in [-0.3, -0.25) is 19.2 Å². The molecule has 4 aromatic carbocycles. The Bertz CT molecular complexity index is 1750.